The first-order chi connectivity index (χ1) is 8.65. The Balaban J connectivity index is 2.25. The number of halogens is 1. The highest BCUT2D eigenvalue weighted by atomic mass is 79.9. The summed E-state index contributed by atoms with van der Waals surface area (Å²) in [5.74, 6) is -0.979. The van der Waals surface area contributed by atoms with Crippen LogP contribution in [0.2, 0.25) is 0 Å². The van der Waals surface area contributed by atoms with E-state index in [4.69, 9.17) is 9.15 Å². The maximum atomic E-state index is 11.5. The highest BCUT2D eigenvalue weighted by Gasteiger charge is 2.16. The number of rotatable bonds is 8. The molecule has 0 aliphatic rings. The number of hydrogen-bond donors (Lipinski definition) is 1. The molecule has 0 radical (unpaired) electrons. The van der Waals surface area contributed by atoms with Crippen LogP contribution in [0.4, 0.5) is 5.88 Å². The van der Waals surface area contributed by atoms with Crippen LogP contribution in [-0.4, -0.2) is 35.9 Å². The van der Waals surface area contributed by atoms with Gasteiger partial charge in [0.25, 0.3) is 5.91 Å². The number of ether oxygens (including phenoxy) is 1. The number of carbonyl (C=O) groups is 1. The minimum atomic E-state index is -0.690. The Hall–Kier alpha value is -1.41. The molecule has 0 bridgehead atoms. The first kappa shape index (κ1) is 14.7. The summed E-state index contributed by atoms with van der Waals surface area (Å²) in [5.41, 5.74) is 0. The van der Waals surface area contributed by atoms with Crippen molar-refractivity contribution in [2.45, 2.75) is 6.42 Å². The molecule has 0 atom stereocenters. The van der Waals surface area contributed by atoms with Crippen LogP contribution in [0.15, 0.2) is 16.5 Å². The Kier molecular flexibility index (Phi) is 6.37. The molecule has 1 amide bonds. The molecule has 0 aromatic carbocycles. The number of alkyl halides is 1. The molecule has 0 spiro atoms. The van der Waals surface area contributed by atoms with Gasteiger partial charge in [0.2, 0.25) is 0 Å². The van der Waals surface area contributed by atoms with E-state index in [0.717, 1.165) is 11.4 Å². The van der Waals surface area contributed by atoms with Crippen molar-refractivity contribution in [3.8, 4) is 0 Å². The predicted octanol–water partition coefficient (Wildman–Crippen LogP) is 1.72. The van der Waals surface area contributed by atoms with Gasteiger partial charge in [0.1, 0.15) is 4.92 Å². The van der Waals surface area contributed by atoms with Crippen LogP contribution in [-0.2, 0) is 4.74 Å². The summed E-state index contributed by atoms with van der Waals surface area (Å²) in [6.45, 7) is 1.60. The minimum Gasteiger partial charge on any atom is -0.395 e. The number of amides is 1. The Morgan fingerprint density at radius 1 is 1.50 bits per heavy atom. The maximum absolute atomic E-state index is 11.5. The van der Waals surface area contributed by atoms with Crippen LogP contribution < -0.4 is 5.32 Å². The minimum absolute atomic E-state index is 0.0666. The molecule has 0 aliphatic heterocycles. The van der Waals surface area contributed by atoms with Crippen LogP contribution in [0, 0.1) is 10.1 Å². The molecule has 0 saturated heterocycles. The quantitative estimate of drug-likeness (QED) is 0.340. The van der Waals surface area contributed by atoms with E-state index in [0.29, 0.717) is 26.2 Å². The average molecular weight is 321 g/mol. The molecule has 8 heteroatoms. The van der Waals surface area contributed by atoms with E-state index in [1.54, 1.807) is 0 Å². The number of nitrogens with zero attached hydrogens (tertiary/aromatic N) is 1. The molecule has 1 aromatic heterocycles. The van der Waals surface area contributed by atoms with Gasteiger partial charge in [0, 0.05) is 18.5 Å². The first-order valence-corrected chi connectivity index (χ1v) is 6.43. The van der Waals surface area contributed by atoms with Crippen molar-refractivity contribution < 1.29 is 18.9 Å². The van der Waals surface area contributed by atoms with Crippen molar-refractivity contribution >= 4 is 27.7 Å². The molecule has 0 aliphatic carbocycles. The lowest BCUT2D eigenvalue weighted by Gasteiger charge is -2.03. The standard InChI is InChI=1S/C10H13BrN2O5/c11-4-7-17-6-1-5-12-10(14)8-2-3-9(18-8)13(15)16/h2-3H,1,4-7H2,(H,12,14). The monoisotopic (exact) mass is 320 g/mol. The number of carbonyl (C=O) groups excluding carboxylic acids is 1. The molecule has 1 N–H and O–H groups in total. The molecule has 1 heterocycles. The summed E-state index contributed by atoms with van der Waals surface area (Å²) < 4.78 is 9.95. The number of nitrogens with one attached hydrogen (secondary N) is 1. The Labute approximate surface area is 112 Å². The summed E-state index contributed by atoms with van der Waals surface area (Å²) in [4.78, 5) is 21.2. The van der Waals surface area contributed by atoms with Crippen molar-refractivity contribution in [3.05, 3.63) is 28.0 Å². The molecule has 1 aromatic rings. The molecule has 0 fully saturated rings. The van der Waals surface area contributed by atoms with Crippen molar-refractivity contribution in [2.75, 3.05) is 25.1 Å². The molecular weight excluding hydrogens is 308 g/mol. The third kappa shape index (κ3) is 4.84. The zero-order valence-corrected chi connectivity index (χ0v) is 11.1. The van der Waals surface area contributed by atoms with Crippen LogP contribution in [0.5, 0.6) is 0 Å². The van der Waals surface area contributed by atoms with Crippen molar-refractivity contribution in [1.82, 2.24) is 5.32 Å². The molecular formula is C10H13BrN2O5. The van der Waals surface area contributed by atoms with Crippen LogP contribution >= 0.6 is 15.9 Å². The van der Waals surface area contributed by atoms with E-state index < -0.39 is 16.7 Å². The number of hydrogen-bond acceptors (Lipinski definition) is 5. The van der Waals surface area contributed by atoms with Gasteiger partial charge in [-0.25, -0.2) is 0 Å². The summed E-state index contributed by atoms with van der Waals surface area (Å²) in [6.07, 6.45) is 0.668. The highest BCUT2D eigenvalue weighted by molar-refractivity contribution is 9.09. The van der Waals surface area contributed by atoms with E-state index in [1.165, 1.54) is 6.07 Å². The van der Waals surface area contributed by atoms with Crippen molar-refractivity contribution in [2.24, 2.45) is 0 Å². The van der Waals surface area contributed by atoms with Gasteiger partial charge in [0.15, 0.2) is 5.76 Å². The zero-order valence-electron chi connectivity index (χ0n) is 9.56. The largest absolute Gasteiger partial charge is 0.433 e. The SMILES string of the molecule is O=C(NCCCOCCBr)c1ccc([N+](=O)[O-])o1. The summed E-state index contributed by atoms with van der Waals surface area (Å²) in [7, 11) is 0. The summed E-state index contributed by atoms with van der Waals surface area (Å²) in [5, 5.41) is 13.7. The molecule has 0 saturated carbocycles. The fourth-order valence-electron chi connectivity index (χ4n) is 1.17. The van der Waals surface area contributed by atoms with Crippen molar-refractivity contribution in [1.29, 1.82) is 0 Å². The summed E-state index contributed by atoms with van der Waals surface area (Å²) in [6, 6.07) is 2.42. The van der Waals surface area contributed by atoms with Crippen molar-refractivity contribution in [3.63, 3.8) is 0 Å². The van der Waals surface area contributed by atoms with E-state index in [1.807, 2.05) is 0 Å². The van der Waals surface area contributed by atoms with E-state index in [-0.39, 0.29) is 5.76 Å². The zero-order chi connectivity index (χ0) is 13.4. The highest BCUT2D eigenvalue weighted by Crippen LogP contribution is 2.15. The maximum Gasteiger partial charge on any atom is 0.433 e. The molecule has 18 heavy (non-hydrogen) atoms. The Bertz CT molecular complexity index is 407. The van der Waals surface area contributed by atoms with Gasteiger partial charge in [-0.2, -0.15) is 0 Å². The predicted molar refractivity (Wildman–Crippen MR) is 66.9 cm³/mol. The third-order valence-electron chi connectivity index (χ3n) is 1.97. The average Bonchev–Trinajstić information content (AvgIpc) is 2.83. The Morgan fingerprint density at radius 2 is 2.28 bits per heavy atom. The van der Waals surface area contributed by atoms with Crippen LogP contribution in [0.25, 0.3) is 0 Å². The van der Waals surface area contributed by atoms with Gasteiger partial charge in [-0.3, -0.25) is 14.9 Å². The second-order valence-electron chi connectivity index (χ2n) is 3.31. The molecule has 0 unspecified atom stereocenters. The van der Waals surface area contributed by atoms with Gasteiger partial charge < -0.3 is 14.5 Å². The van der Waals surface area contributed by atoms with Crippen LogP contribution in [0.3, 0.4) is 0 Å². The lowest BCUT2D eigenvalue weighted by molar-refractivity contribution is -0.402. The molecule has 7 nitrogen and oxygen atoms in total. The topological polar surface area (TPSA) is 94.6 Å². The van der Waals surface area contributed by atoms with Gasteiger partial charge >= 0.3 is 5.88 Å². The second-order valence-corrected chi connectivity index (χ2v) is 4.10. The lowest BCUT2D eigenvalue weighted by atomic mass is 10.4. The van der Waals surface area contributed by atoms with Crippen LogP contribution in [0.1, 0.15) is 17.0 Å². The smallest absolute Gasteiger partial charge is 0.395 e. The third-order valence-corrected chi connectivity index (χ3v) is 2.29. The van der Waals surface area contributed by atoms with Gasteiger partial charge in [-0.05, 0) is 12.5 Å². The second kappa shape index (κ2) is 7.83. The number of nitro groups is 1. The van der Waals surface area contributed by atoms with E-state index in [2.05, 4.69) is 21.2 Å². The summed E-state index contributed by atoms with van der Waals surface area (Å²) >= 11 is 3.22. The Morgan fingerprint density at radius 3 is 2.89 bits per heavy atom. The first-order valence-electron chi connectivity index (χ1n) is 5.31. The lowest BCUT2D eigenvalue weighted by Crippen LogP contribution is -2.24. The van der Waals surface area contributed by atoms with E-state index in [9.17, 15) is 14.9 Å². The van der Waals surface area contributed by atoms with Gasteiger partial charge in [-0.1, -0.05) is 15.9 Å². The normalized spacial score (nSPS) is 10.3. The van der Waals surface area contributed by atoms with E-state index >= 15 is 0 Å². The number of furan rings is 1. The van der Waals surface area contributed by atoms with Gasteiger partial charge in [-0.15, -0.1) is 0 Å². The van der Waals surface area contributed by atoms with Gasteiger partial charge in [0.05, 0.1) is 12.7 Å². The fourth-order valence-corrected chi connectivity index (χ4v) is 1.40. The molecule has 100 valence electrons. The fraction of sp³-hybridized carbons (Fsp3) is 0.500. The molecule has 1 rings (SSSR count).